The Morgan fingerprint density at radius 3 is 2.20 bits per heavy atom. The minimum atomic E-state index is 0.937. The van der Waals surface area contributed by atoms with Gasteiger partial charge < -0.3 is 0 Å². The van der Waals surface area contributed by atoms with Crippen molar-refractivity contribution in [1.29, 1.82) is 0 Å². The SMILES string of the molecule is CCCC(C)C(CC)CI. The maximum Gasteiger partial charge on any atom is 0.00261 e. The molecule has 0 saturated carbocycles. The van der Waals surface area contributed by atoms with Crippen molar-refractivity contribution in [3.05, 3.63) is 0 Å². The number of halogens is 1. The molecule has 0 aromatic heterocycles. The van der Waals surface area contributed by atoms with Gasteiger partial charge in [-0.05, 0) is 11.8 Å². The smallest absolute Gasteiger partial charge is 0.00261 e. The Morgan fingerprint density at radius 1 is 1.30 bits per heavy atom. The Bertz CT molecular complexity index is 67.1. The van der Waals surface area contributed by atoms with Crippen LogP contribution in [-0.2, 0) is 0 Å². The molecular weight excluding hydrogens is 235 g/mol. The second kappa shape index (κ2) is 6.44. The molecule has 0 rings (SSSR count). The van der Waals surface area contributed by atoms with Crippen molar-refractivity contribution in [2.45, 2.75) is 40.0 Å². The average Bonchev–Trinajstić information content (AvgIpc) is 1.91. The van der Waals surface area contributed by atoms with Gasteiger partial charge in [0.15, 0.2) is 0 Å². The van der Waals surface area contributed by atoms with Crippen molar-refractivity contribution >= 4 is 22.6 Å². The quantitative estimate of drug-likeness (QED) is 0.516. The molecule has 0 aliphatic rings. The monoisotopic (exact) mass is 254 g/mol. The zero-order valence-electron chi connectivity index (χ0n) is 7.36. The predicted molar refractivity (Wildman–Crippen MR) is 56.7 cm³/mol. The first kappa shape index (κ1) is 10.7. The first-order valence-electron chi connectivity index (χ1n) is 4.32. The van der Waals surface area contributed by atoms with Crippen LogP contribution in [0.1, 0.15) is 40.0 Å². The fraction of sp³-hybridized carbons (Fsp3) is 1.00. The Balaban J connectivity index is 3.53. The summed E-state index contributed by atoms with van der Waals surface area (Å²) >= 11 is 2.50. The van der Waals surface area contributed by atoms with Gasteiger partial charge in [-0.15, -0.1) is 0 Å². The molecule has 1 heteroatoms. The Labute approximate surface area is 78.9 Å². The summed E-state index contributed by atoms with van der Waals surface area (Å²) in [4.78, 5) is 0. The van der Waals surface area contributed by atoms with Gasteiger partial charge in [-0.2, -0.15) is 0 Å². The molecule has 0 nitrogen and oxygen atoms in total. The number of rotatable bonds is 5. The number of hydrogen-bond acceptors (Lipinski definition) is 0. The van der Waals surface area contributed by atoms with E-state index in [1.54, 1.807) is 0 Å². The molecule has 0 N–H and O–H groups in total. The lowest BCUT2D eigenvalue weighted by Gasteiger charge is -2.19. The van der Waals surface area contributed by atoms with Crippen molar-refractivity contribution in [3.63, 3.8) is 0 Å². The van der Waals surface area contributed by atoms with E-state index in [1.807, 2.05) is 0 Å². The third-order valence-electron chi connectivity index (χ3n) is 2.27. The molecule has 0 aliphatic heterocycles. The zero-order valence-corrected chi connectivity index (χ0v) is 9.52. The highest BCUT2D eigenvalue weighted by Crippen LogP contribution is 2.21. The molecule has 2 atom stereocenters. The highest BCUT2D eigenvalue weighted by atomic mass is 127. The second-order valence-electron chi connectivity index (χ2n) is 3.09. The van der Waals surface area contributed by atoms with Crippen LogP contribution in [0.3, 0.4) is 0 Å². The number of alkyl halides is 1. The molecule has 0 saturated heterocycles. The molecule has 10 heavy (non-hydrogen) atoms. The van der Waals surface area contributed by atoms with Crippen LogP contribution in [0.4, 0.5) is 0 Å². The molecule has 0 aliphatic carbocycles. The Kier molecular flexibility index (Phi) is 6.91. The normalized spacial score (nSPS) is 16.8. The van der Waals surface area contributed by atoms with E-state index in [-0.39, 0.29) is 0 Å². The minimum Gasteiger partial charge on any atom is -0.0861 e. The molecule has 0 amide bonds. The fourth-order valence-electron chi connectivity index (χ4n) is 1.35. The standard InChI is InChI=1S/C9H19I/c1-4-6-8(3)9(5-2)7-10/h8-9H,4-7H2,1-3H3. The van der Waals surface area contributed by atoms with Gasteiger partial charge in [0.2, 0.25) is 0 Å². The average molecular weight is 254 g/mol. The van der Waals surface area contributed by atoms with Crippen molar-refractivity contribution in [1.82, 2.24) is 0 Å². The van der Waals surface area contributed by atoms with E-state index >= 15 is 0 Å². The van der Waals surface area contributed by atoms with Gasteiger partial charge in [0.05, 0.1) is 0 Å². The first-order valence-corrected chi connectivity index (χ1v) is 5.84. The molecule has 0 aromatic carbocycles. The highest BCUT2D eigenvalue weighted by molar-refractivity contribution is 14.1. The lowest BCUT2D eigenvalue weighted by atomic mass is 9.90. The summed E-state index contributed by atoms with van der Waals surface area (Å²) in [5.41, 5.74) is 0. The van der Waals surface area contributed by atoms with Crippen molar-refractivity contribution in [2.24, 2.45) is 11.8 Å². The minimum absolute atomic E-state index is 0.937. The van der Waals surface area contributed by atoms with Crippen LogP contribution in [0.25, 0.3) is 0 Å². The third kappa shape index (κ3) is 3.79. The third-order valence-corrected chi connectivity index (χ3v) is 3.40. The molecule has 0 heterocycles. The van der Waals surface area contributed by atoms with Crippen LogP contribution in [0.5, 0.6) is 0 Å². The largest absolute Gasteiger partial charge is 0.0861 e. The lowest BCUT2D eigenvalue weighted by molar-refractivity contribution is 0.362. The van der Waals surface area contributed by atoms with Crippen molar-refractivity contribution < 1.29 is 0 Å². The fourth-order valence-corrected chi connectivity index (χ4v) is 2.85. The summed E-state index contributed by atoms with van der Waals surface area (Å²) < 4.78 is 1.33. The number of hydrogen-bond donors (Lipinski definition) is 0. The summed E-state index contributed by atoms with van der Waals surface area (Å²) in [5.74, 6) is 1.90. The molecule has 0 spiro atoms. The molecule has 0 aromatic rings. The van der Waals surface area contributed by atoms with Gasteiger partial charge in [0.25, 0.3) is 0 Å². The Hall–Kier alpha value is 0.730. The lowest BCUT2D eigenvalue weighted by Crippen LogP contribution is -2.11. The molecular formula is C9H19I. The maximum atomic E-state index is 2.50. The first-order chi connectivity index (χ1) is 4.76. The Morgan fingerprint density at radius 2 is 1.90 bits per heavy atom. The van der Waals surface area contributed by atoms with Gasteiger partial charge in [-0.25, -0.2) is 0 Å². The van der Waals surface area contributed by atoms with Gasteiger partial charge in [0.1, 0.15) is 0 Å². The van der Waals surface area contributed by atoms with Gasteiger partial charge in [-0.1, -0.05) is 62.6 Å². The van der Waals surface area contributed by atoms with E-state index in [4.69, 9.17) is 0 Å². The summed E-state index contributed by atoms with van der Waals surface area (Å²) in [6, 6.07) is 0. The van der Waals surface area contributed by atoms with E-state index in [9.17, 15) is 0 Å². The van der Waals surface area contributed by atoms with Gasteiger partial charge >= 0.3 is 0 Å². The maximum absolute atomic E-state index is 2.50. The molecule has 0 radical (unpaired) electrons. The van der Waals surface area contributed by atoms with Crippen LogP contribution >= 0.6 is 22.6 Å². The highest BCUT2D eigenvalue weighted by Gasteiger charge is 2.11. The van der Waals surface area contributed by atoms with Gasteiger partial charge in [0, 0.05) is 4.43 Å². The predicted octanol–water partition coefficient (Wildman–Crippen LogP) is 3.88. The van der Waals surface area contributed by atoms with Crippen LogP contribution in [0.2, 0.25) is 0 Å². The summed E-state index contributed by atoms with van der Waals surface area (Å²) in [6.45, 7) is 6.96. The molecule has 0 fully saturated rings. The molecule has 2 unspecified atom stereocenters. The zero-order chi connectivity index (χ0) is 7.98. The van der Waals surface area contributed by atoms with Crippen molar-refractivity contribution in [3.8, 4) is 0 Å². The van der Waals surface area contributed by atoms with Crippen LogP contribution in [-0.4, -0.2) is 4.43 Å². The van der Waals surface area contributed by atoms with E-state index in [1.165, 1.54) is 23.7 Å². The summed E-state index contributed by atoms with van der Waals surface area (Å²) in [6.07, 6.45) is 4.10. The van der Waals surface area contributed by atoms with Crippen LogP contribution < -0.4 is 0 Å². The van der Waals surface area contributed by atoms with Gasteiger partial charge in [-0.3, -0.25) is 0 Å². The van der Waals surface area contributed by atoms with E-state index in [2.05, 4.69) is 43.4 Å². The molecule has 0 bridgehead atoms. The van der Waals surface area contributed by atoms with E-state index in [0.29, 0.717) is 0 Å². The van der Waals surface area contributed by atoms with E-state index < -0.39 is 0 Å². The van der Waals surface area contributed by atoms with Crippen LogP contribution in [0, 0.1) is 11.8 Å². The molecule has 62 valence electrons. The summed E-state index contributed by atoms with van der Waals surface area (Å²) in [7, 11) is 0. The van der Waals surface area contributed by atoms with Crippen LogP contribution in [0.15, 0.2) is 0 Å². The van der Waals surface area contributed by atoms with Crippen molar-refractivity contribution in [2.75, 3.05) is 4.43 Å². The summed E-state index contributed by atoms with van der Waals surface area (Å²) in [5, 5.41) is 0. The van der Waals surface area contributed by atoms with E-state index in [0.717, 1.165) is 11.8 Å². The topological polar surface area (TPSA) is 0 Å². The second-order valence-corrected chi connectivity index (χ2v) is 3.97.